The zero-order valence-electron chi connectivity index (χ0n) is 15.9. The Balaban J connectivity index is 0.000000298. The first-order valence-corrected chi connectivity index (χ1v) is 10.7. The largest absolute Gasteiger partial charge is 0.490 e. The minimum absolute atomic E-state index is 0.128. The van der Waals surface area contributed by atoms with Gasteiger partial charge in [-0.05, 0) is 67.0 Å². The summed E-state index contributed by atoms with van der Waals surface area (Å²) in [4.78, 5) is 23.6. The number of halogens is 3. The van der Waals surface area contributed by atoms with Gasteiger partial charge in [-0.2, -0.15) is 24.5 Å². The number of amides is 1. The molecular formula is C19H25F3N2O4S. The third-order valence-corrected chi connectivity index (χ3v) is 6.34. The minimum Gasteiger partial charge on any atom is -0.475 e. The lowest BCUT2D eigenvalue weighted by Crippen LogP contribution is -2.45. The molecule has 0 spiro atoms. The number of likely N-dealkylation sites (tertiary alicyclic amines) is 1. The van der Waals surface area contributed by atoms with Gasteiger partial charge in [0.25, 0.3) is 0 Å². The summed E-state index contributed by atoms with van der Waals surface area (Å²) in [6.45, 7) is 3.10. The number of hydrogen-bond donors (Lipinski definition) is 2. The highest BCUT2D eigenvalue weighted by atomic mass is 32.1. The highest BCUT2D eigenvalue weighted by molar-refractivity contribution is 7.07. The second-order valence-electron chi connectivity index (χ2n) is 7.75. The zero-order valence-corrected chi connectivity index (χ0v) is 16.7. The molecule has 1 aliphatic carbocycles. The Morgan fingerprint density at radius 3 is 2.59 bits per heavy atom. The standard InChI is InChI=1S/C17H24N2O2S.C2HF3O2/c20-17(18-14-2-1-3-14)15-8-13-4-6-19(10-16(13)21-15)9-12-5-7-22-11-12;3-2(4,5)1(6)7/h5,7,11,13-16H,1-4,6,8-10H2,(H,18,20);(H,6,7)/t13-,15+,16+;/m0./s1. The number of carbonyl (C=O) groups excluding carboxylic acids is 1. The van der Waals surface area contributed by atoms with Crippen LogP contribution in [-0.4, -0.2) is 59.4 Å². The summed E-state index contributed by atoms with van der Waals surface area (Å²) in [6.07, 6.45) is 0.539. The van der Waals surface area contributed by atoms with Gasteiger partial charge in [-0.15, -0.1) is 0 Å². The first-order chi connectivity index (χ1) is 13.7. The van der Waals surface area contributed by atoms with Crippen LogP contribution in [0, 0.1) is 5.92 Å². The lowest BCUT2D eigenvalue weighted by Gasteiger charge is -2.33. The molecule has 6 nitrogen and oxygen atoms in total. The Bertz CT molecular complexity index is 694. The average molecular weight is 434 g/mol. The summed E-state index contributed by atoms with van der Waals surface area (Å²) in [5, 5.41) is 14.6. The van der Waals surface area contributed by atoms with E-state index in [4.69, 9.17) is 14.6 Å². The second-order valence-corrected chi connectivity index (χ2v) is 8.53. The van der Waals surface area contributed by atoms with Crippen LogP contribution < -0.4 is 5.32 Å². The van der Waals surface area contributed by atoms with E-state index in [-0.39, 0.29) is 18.1 Å². The van der Waals surface area contributed by atoms with Gasteiger partial charge < -0.3 is 15.2 Å². The number of carboxylic acid groups (broad SMARTS) is 1. The molecule has 0 unspecified atom stereocenters. The number of ether oxygens (including phenoxy) is 1. The number of fused-ring (bicyclic) bond motifs is 1. The number of nitrogens with one attached hydrogen (secondary N) is 1. The maximum Gasteiger partial charge on any atom is 0.490 e. The number of rotatable bonds is 4. The fraction of sp³-hybridized carbons (Fsp3) is 0.684. The number of alkyl halides is 3. The van der Waals surface area contributed by atoms with Crippen LogP contribution in [-0.2, 0) is 20.9 Å². The second kappa shape index (κ2) is 9.44. The van der Waals surface area contributed by atoms with E-state index < -0.39 is 12.1 Å². The lowest BCUT2D eigenvalue weighted by atomic mass is 9.90. The molecule has 1 saturated carbocycles. The summed E-state index contributed by atoms with van der Waals surface area (Å²) >= 11 is 1.75. The Morgan fingerprint density at radius 1 is 1.31 bits per heavy atom. The maximum absolute atomic E-state index is 12.3. The van der Waals surface area contributed by atoms with Gasteiger partial charge in [0.15, 0.2) is 0 Å². The summed E-state index contributed by atoms with van der Waals surface area (Å²) < 4.78 is 37.8. The molecular weight excluding hydrogens is 409 g/mol. The van der Waals surface area contributed by atoms with Gasteiger partial charge in [0, 0.05) is 19.1 Å². The van der Waals surface area contributed by atoms with Gasteiger partial charge in [-0.3, -0.25) is 9.69 Å². The normalized spacial score (nSPS) is 27.3. The van der Waals surface area contributed by atoms with Crippen LogP contribution in [0.15, 0.2) is 16.8 Å². The molecule has 2 aliphatic heterocycles. The molecule has 0 radical (unpaired) electrons. The molecule has 1 aromatic heterocycles. The number of hydrogen-bond acceptors (Lipinski definition) is 5. The maximum atomic E-state index is 12.3. The molecule has 29 heavy (non-hydrogen) atoms. The molecule has 3 atom stereocenters. The molecule has 2 N–H and O–H groups in total. The van der Waals surface area contributed by atoms with E-state index in [1.165, 1.54) is 12.0 Å². The van der Waals surface area contributed by atoms with E-state index in [0.717, 1.165) is 45.3 Å². The minimum atomic E-state index is -5.08. The first-order valence-electron chi connectivity index (χ1n) is 9.71. The topological polar surface area (TPSA) is 78.9 Å². The fourth-order valence-corrected chi connectivity index (χ4v) is 4.45. The lowest BCUT2D eigenvalue weighted by molar-refractivity contribution is -0.192. The molecule has 1 amide bonds. The molecule has 1 aromatic rings. The molecule has 0 aromatic carbocycles. The number of thiophene rings is 1. The van der Waals surface area contributed by atoms with Gasteiger partial charge in [-0.25, -0.2) is 4.79 Å². The molecule has 162 valence electrons. The smallest absolute Gasteiger partial charge is 0.475 e. The van der Waals surface area contributed by atoms with Gasteiger partial charge in [0.2, 0.25) is 5.91 Å². The highest BCUT2D eigenvalue weighted by Gasteiger charge is 2.42. The Labute approximate surface area is 171 Å². The van der Waals surface area contributed by atoms with Crippen LogP contribution in [0.3, 0.4) is 0 Å². The van der Waals surface area contributed by atoms with Crippen LogP contribution in [0.4, 0.5) is 13.2 Å². The van der Waals surface area contributed by atoms with E-state index in [2.05, 4.69) is 27.0 Å². The highest BCUT2D eigenvalue weighted by Crippen LogP contribution is 2.34. The SMILES string of the molecule is O=C(NC1CCC1)[C@H]1C[C@@H]2CCN(Cc3ccsc3)C[C@H]2O1.O=C(O)C(F)(F)F. The van der Waals surface area contributed by atoms with Crippen LogP contribution in [0.25, 0.3) is 0 Å². The van der Waals surface area contributed by atoms with Crippen molar-refractivity contribution in [2.45, 2.75) is 63.1 Å². The summed E-state index contributed by atoms with van der Waals surface area (Å²) in [6, 6.07) is 2.61. The number of carboxylic acids is 1. The van der Waals surface area contributed by atoms with E-state index in [0.29, 0.717) is 12.0 Å². The Morgan fingerprint density at radius 2 is 2.03 bits per heavy atom. The summed E-state index contributed by atoms with van der Waals surface area (Å²) in [5.74, 6) is -2.06. The van der Waals surface area contributed by atoms with Gasteiger partial charge >= 0.3 is 12.1 Å². The van der Waals surface area contributed by atoms with Crippen LogP contribution in [0.5, 0.6) is 0 Å². The van der Waals surface area contributed by atoms with Gasteiger partial charge in [0.1, 0.15) is 6.10 Å². The molecule has 10 heteroatoms. The van der Waals surface area contributed by atoms with Crippen molar-refractivity contribution in [2.75, 3.05) is 13.1 Å². The number of aliphatic carboxylic acids is 1. The first kappa shape index (κ1) is 22.0. The predicted octanol–water partition coefficient (Wildman–Crippen LogP) is 3.03. The van der Waals surface area contributed by atoms with Gasteiger partial charge in [-0.1, -0.05) is 0 Å². The third-order valence-electron chi connectivity index (χ3n) is 5.61. The van der Waals surface area contributed by atoms with E-state index in [1.54, 1.807) is 11.3 Å². The molecule has 2 saturated heterocycles. The van der Waals surface area contributed by atoms with Crippen molar-refractivity contribution in [1.82, 2.24) is 10.2 Å². The molecule has 3 aliphatic rings. The van der Waals surface area contributed by atoms with E-state index >= 15 is 0 Å². The Hall–Kier alpha value is -1.65. The molecule has 4 rings (SSSR count). The van der Waals surface area contributed by atoms with E-state index in [1.807, 2.05) is 0 Å². The van der Waals surface area contributed by atoms with Crippen LogP contribution >= 0.6 is 11.3 Å². The molecule has 3 heterocycles. The summed E-state index contributed by atoms with van der Waals surface area (Å²) in [7, 11) is 0. The average Bonchev–Trinajstić information content (AvgIpc) is 3.26. The monoisotopic (exact) mass is 434 g/mol. The van der Waals surface area contributed by atoms with Crippen molar-refractivity contribution in [3.63, 3.8) is 0 Å². The van der Waals surface area contributed by atoms with Crippen molar-refractivity contribution in [3.8, 4) is 0 Å². The number of carbonyl (C=O) groups is 2. The summed E-state index contributed by atoms with van der Waals surface area (Å²) in [5.41, 5.74) is 1.39. The number of piperidine rings is 1. The van der Waals surface area contributed by atoms with Crippen molar-refractivity contribution >= 4 is 23.2 Å². The third kappa shape index (κ3) is 6.16. The van der Waals surface area contributed by atoms with Gasteiger partial charge in [0.05, 0.1) is 6.10 Å². The van der Waals surface area contributed by atoms with Crippen molar-refractivity contribution < 1.29 is 32.6 Å². The quantitative estimate of drug-likeness (QED) is 0.762. The van der Waals surface area contributed by atoms with Crippen molar-refractivity contribution in [2.24, 2.45) is 5.92 Å². The molecule has 3 fully saturated rings. The van der Waals surface area contributed by atoms with Crippen LogP contribution in [0.2, 0.25) is 0 Å². The van der Waals surface area contributed by atoms with E-state index in [9.17, 15) is 18.0 Å². The Kier molecular flexibility index (Phi) is 7.18. The zero-order chi connectivity index (χ0) is 21.0. The fourth-order valence-electron chi connectivity index (χ4n) is 3.79. The van der Waals surface area contributed by atoms with Crippen LogP contribution in [0.1, 0.15) is 37.7 Å². The number of nitrogens with zero attached hydrogens (tertiary/aromatic N) is 1. The van der Waals surface area contributed by atoms with Crippen molar-refractivity contribution in [1.29, 1.82) is 0 Å². The van der Waals surface area contributed by atoms with Crippen molar-refractivity contribution in [3.05, 3.63) is 22.4 Å². The predicted molar refractivity (Wildman–Crippen MR) is 100 cm³/mol. The molecule has 0 bridgehead atoms.